The molecule has 11 heteroatoms. The number of nitrogens with two attached hydrogens (primary N) is 1. The Bertz CT molecular complexity index is 676. The second-order valence-electron chi connectivity index (χ2n) is 5.02. The van der Waals surface area contributed by atoms with Crippen molar-refractivity contribution in [3.8, 4) is 5.82 Å². The van der Waals surface area contributed by atoms with E-state index < -0.39 is 5.97 Å². The van der Waals surface area contributed by atoms with Crippen molar-refractivity contribution in [3.63, 3.8) is 0 Å². The summed E-state index contributed by atoms with van der Waals surface area (Å²) < 4.78 is 11.0. The van der Waals surface area contributed by atoms with Gasteiger partial charge in [0.05, 0.1) is 12.3 Å². The first-order valence-electron chi connectivity index (χ1n) is 7.34. The average Bonchev–Trinajstić information content (AvgIpc) is 3.14. The topological polar surface area (TPSA) is 137 Å². The number of nitrogens with one attached hydrogen (secondary N) is 1. The number of ether oxygens (including phenoxy) is 1. The van der Waals surface area contributed by atoms with Gasteiger partial charge in [0.2, 0.25) is 11.6 Å². The Hall–Kier alpha value is -2.53. The highest BCUT2D eigenvalue weighted by Gasteiger charge is 2.26. The van der Waals surface area contributed by atoms with Crippen LogP contribution in [0.3, 0.4) is 0 Å². The Labute approximate surface area is 131 Å². The Kier molecular flexibility index (Phi) is 4.48. The standard InChI is InChI=1S/C12H18N8O3/c1-2-22-12(21)9-8(7-19-5-3-14-4-6-19)20(18-15-9)11-10(13)16-23-17-11/h14H,2-7H2,1H3,(H2,13,16). The fourth-order valence-corrected chi connectivity index (χ4v) is 2.39. The first-order chi connectivity index (χ1) is 11.2. The van der Waals surface area contributed by atoms with E-state index in [9.17, 15) is 4.79 Å². The lowest BCUT2D eigenvalue weighted by Gasteiger charge is -2.27. The molecule has 1 fully saturated rings. The van der Waals surface area contributed by atoms with Crippen molar-refractivity contribution in [3.05, 3.63) is 11.4 Å². The fourth-order valence-electron chi connectivity index (χ4n) is 2.39. The Morgan fingerprint density at radius 1 is 1.39 bits per heavy atom. The minimum Gasteiger partial charge on any atom is -0.461 e. The molecule has 0 radical (unpaired) electrons. The number of carbonyl (C=O) groups is 1. The van der Waals surface area contributed by atoms with Gasteiger partial charge in [-0.1, -0.05) is 5.21 Å². The quantitative estimate of drug-likeness (QED) is 0.646. The number of nitrogen functional groups attached to an aromatic ring is 1. The van der Waals surface area contributed by atoms with Crippen LogP contribution in [-0.4, -0.2) is 69.0 Å². The molecule has 2 aromatic rings. The van der Waals surface area contributed by atoms with Crippen LogP contribution in [0.15, 0.2) is 4.63 Å². The maximum Gasteiger partial charge on any atom is 0.360 e. The molecule has 0 spiro atoms. The van der Waals surface area contributed by atoms with Crippen LogP contribution >= 0.6 is 0 Å². The van der Waals surface area contributed by atoms with Crippen molar-refractivity contribution >= 4 is 11.8 Å². The molecule has 23 heavy (non-hydrogen) atoms. The van der Waals surface area contributed by atoms with Gasteiger partial charge in [-0.2, -0.15) is 4.68 Å². The van der Waals surface area contributed by atoms with E-state index >= 15 is 0 Å². The smallest absolute Gasteiger partial charge is 0.360 e. The third kappa shape index (κ3) is 3.14. The van der Waals surface area contributed by atoms with Gasteiger partial charge in [-0.25, -0.2) is 9.42 Å². The van der Waals surface area contributed by atoms with Gasteiger partial charge in [0, 0.05) is 32.7 Å². The molecule has 124 valence electrons. The number of piperazine rings is 1. The van der Waals surface area contributed by atoms with Gasteiger partial charge < -0.3 is 15.8 Å². The summed E-state index contributed by atoms with van der Waals surface area (Å²) in [4.78, 5) is 14.3. The van der Waals surface area contributed by atoms with Gasteiger partial charge in [0.15, 0.2) is 5.69 Å². The molecule has 3 N–H and O–H groups in total. The molecule has 0 unspecified atom stereocenters. The van der Waals surface area contributed by atoms with Gasteiger partial charge in [-0.3, -0.25) is 4.90 Å². The van der Waals surface area contributed by atoms with Crippen molar-refractivity contribution < 1.29 is 14.2 Å². The highest BCUT2D eigenvalue weighted by molar-refractivity contribution is 5.88. The number of aromatic nitrogens is 5. The number of hydrogen-bond acceptors (Lipinski definition) is 10. The minimum atomic E-state index is -0.529. The SMILES string of the molecule is CCOC(=O)c1nnn(-c2nonc2N)c1CN1CCNCC1. The summed E-state index contributed by atoms with van der Waals surface area (Å²) in [6.07, 6.45) is 0. The number of hydrogen-bond donors (Lipinski definition) is 2. The van der Waals surface area contributed by atoms with Crippen LogP contribution in [0.5, 0.6) is 0 Å². The predicted octanol–water partition coefficient (Wildman–Crippen LogP) is -1.19. The van der Waals surface area contributed by atoms with Crippen LogP contribution in [0.2, 0.25) is 0 Å². The molecule has 3 heterocycles. The summed E-state index contributed by atoms with van der Waals surface area (Å²) in [5.74, 6) is -0.246. The molecule has 1 saturated heterocycles. The van der Waals surface area contributed by atoms with Crippen LogP contribution in [0.1, 0.15) is 23.1 Å². The first-order valence-corrected chi connectivity index (χ1v) is 7.34. The van der Waals surface area contributed by atoms with Crippen molar-refractivity contribution in [1.29, 1.82) is 0 Å². The molecule has 0 atom stereocenters. The summed E-state index contributed by atoms with van der Waals surface area (Å²) in [6.45, 7) is 5.91. The van der Waals surface area contributed by atoms with Gasteiger partial charge >= 0.3 is 5.97 Å². The zero-order valence-corrected chi connectivity index (χ0v) is 12.7. The minimum absolute atomic E-state index is 0.0758. The molecule has 1 aliphatic heterocycles. The van der Waals surface area contributed by atoms with E-state index in [1.54, 1.807) is 6.92 Å². The fraction of sp³-hybridized carbons (Fsp3) is 0.583. The van der Waals surface area contributed by atoms with E-state index in [0.29, 0.717) is 12.2 Å². The maximum atomic E-state index is 12.1. The van der Waals surface area contributed by atoms with Gasteiger partial charge in [0.25, 0.3) is 0 Å². The number of rotatable bonds is 5. The largest absolute Gasteiger partial charge is 0.461 e. The molecule has 1 aliphatic rings. The lowest BCUT2D eigenvalue weighted by molar-refractivity contribution is 0.0516. The maximum absolute atomic E-state index is 12.1. The molecule has 0 aromatic carbocycles. The van der Waals surface area contributed by atoms with E-state index in [4.69, 9.17) is 10.5 Å². The second-order valence-corrected chi connectivity index (χ2v) is 5.02. The van der Waals surface area contributed by atoms with Gasteiger partial charge in [-0.15, -0.1) is 5.10 Å². The molecule has 11 nitrogen and oxygen atoms in total. The summed E-state index contributed by atoms with van der Waals surface area (Å²) in [7, 11) is 0. The number of carbonyl (C=O) groups excluding carboxylic acids is 1. The van der Waals surface area contributed by atoms with E-state index in [0.717, 1.165) is 26.2 Å². The van der Waals surface area contributed by atoms with E-state index in [-0.39, 0.29) is 23.9 Å². The molecule has 0 aliphatic carbocycles. The Balaban J connectivity index is 1.95. The zero-order chi connectivity index (χ0) is 16.2. The summed E-state index contributed by atoms with van der Waals surface area (Å²) in [6, 6.07) is 0. The van der Waals surface area contributed by atoms with E-state index in [2.05, 4.69) is 35.5 Å². The Morgan fingerprint density at radius 2 is 2.17 bits per heavy atom. The highest BCUT2D eigenvalue weighted by Crippen LogP contribution is 2.18. The Morgan fingerprint density at radius 3 is 2.83 bits per heavy atom. The molecular weight excluding hydrogens is 304 g/mol. The third-order valence-electron chi connectivity index (χ3n) is 3.51. The summed E-state index contributed by atoms with van der Waals surface area (Å²) in [5, 5.41) is 18.4. The van der Waals surface area contributed by atoms with E-state index in [1.807, 2.05) is 0 Å². The first kappa shape index (κ1) is 15.4. The molecule has 0 saturated carbocycles. The van der Waals surface area contributed by atoms with Gasteiger partial charge in [-0.05, 0) is 17.2 Å². The van der Waals surface area contributed by atoms with Crippen LogP contribution in [0.25, 0.3) is 5.82 Å². The van der Waals surface area contributed by atoms with Crippen molar-refractivity contribution in [1.82, 2.24) is 35.5 Å². The molecule has 3 rings (SSSR count). The summed E-state index contributed by atoms with van der Waals surface area (Å²) >= 11 is 0. The van der Waals surface area contributed by atoms with Crippen molar-refractivity contribution in [2.75, 3.05) is 38.5 Å². The molecule has 2 aromatic heterocycles. The number of nitrogens with zero attached hydrogens (tertiary/aromatic N) is 6. The van der Waals surface area contributed by atoms with Gasteiger partial charge in [0.1, 0.15) is 0 Å². The lowest BCUT2D eigenvalue weighted by atomic mass is 10.2. The van der Waals surface area contributed by atoms with Crippen molar-refractivity contribution in [2.45, 2.75) is 13.5 Å². The van der Waals surface area contributed by atoms with Crippen LogP contribution in [0.4, 0.5) is 5.82 Å². The monoisotopic (exact) mass is 322 g/mol. The molecule has 0 bridgehead atoms. The lowest BCUT2D eigenvalue weighted by Crippen LogP contribution is -2.43. The number of esters is 1. The molecule has 0 amide bonds. The summed E-state index contributed by atoms with van der Waals surface area (Å²) in [5.41, 5.74) is 6.42. The van der Waals surface area contributed by atoms with E-state index in [1.165, 1.54) is 4.68 Å². The molecular formula is C12H18N8O3. The van der Waals surface area contributed by atoms with Crippen LogP contribution < -0.4 is 11.1 Å². The average molecular weight is 322 g/mol. The normalized spacial score (nSPS) is 15.7. The zero-order valence-electron chi connectivity index (χ0n) is 12.7. The van der Waals surface area contributed by atoms with Crippen molar-refractivity contribution in [2.24, 2.45) is 0 Å². The predicted molar refractivity (Wildman–Crippen MR) is 77.7 cm³/mol. The van der Waals surface area contributed by atoms with Crippen LogP contribution in [0, 0.1) is 0 Å². The third-order valence-corrected chi connectivity index (χ3v) is 3.51. The number of anilines is 1. The second kappa shape index (κ2) is 6.71. The van der Waals surface area contributed by atoms with Crippen LogP contribution in [-0.2, 0) is 11.3 Å². The highest BCUT2D eigenvalue weighted by atomic mass is 16.6.